The summed E-state index contributed by atoms with van der Waals surface area (Å²) >= 11 is 11.8. The van der Waals surface area contributed by atoms with Crippen molar-refractivity contribution in [2.45, 2.75) is 11.8 Å². The van der Waals surface area contributed by atoms with Gasteiger partial charge in [0.1, 0.15) is 0 Å². The summed E-state index contributed by atoms with van der Waals surface area (Å²) in [6, 6.07) is 5.06. The Kier molecular flexibility index (Phi) is 3.34. The van der Waals surface area contributed by atoms with E-state index in [9.17, 15) is 9.90 Å². The predicted molar refractivity (Wildman–Crippen MR) is 67.8 cm³/mol. The lowest BCUT2D eigenvalue weighted by molar-refractivity contribution is -0.140. The van der Waals surface area contributed by atoms with Gasteiger partial charge in [0, 0.05) is 0 Å². The summed E-state index contributed by atoms with van der Waals surface area (Å²) in [6.07, 6.45) is 0.640. The van der Waals surface area contributed by atoms with E-state index in [-0.39, 0.29) is 5.92 Å². The predicted octanol–water partition coefficient (Wildman–Crippen LogP) is 2.56. The van der Waals surface area contributed by atoms with Gasteiger partial charge in [-0.15, -0.1) is 0 Å². The second kappa shape index (κ2) is 4.48. The molecule has 0 amide bonds. The summed E-state index contributed by atoms with van der Waals surface area (Å²) in [7, 11) is 1.82. The Balaban J connectivity index is 2.36. The van der Waals surface area contributed by atoms with Crippen LogP contribution < -0.4 is 5.32 Å². The van der Waals surface area contributed by atoms with Gasteiger partial charge < -0.3 is 10.4 Å². The molecule has 0 heterocycles. The molecule has 1 saturated carbocycles. The highest BCUT2D eigenvalue weighted by molar-refractivity contribution is 6.42. The molecule has 0 radical (unpaired) electrons. The minimum atomic E-state index is -0.795. The van der Waals surface area contributed by atoms with Gasteiger partial charge in [-0.05, 0) is 43.6 Å². The Labute approximate surface area is 110 Å². The van der Waals surface area contributed by atoms with Gasteiger partial charge in [0.25, 0.3) is 0 Å². The minimum Gasteiger partial charge on any atom is -0.481 e. The summed E-state index contributed by atoms with van der Waals surface area (Å²) in [5.74, 6) is -0.682. The summed E-state index contributed by atoms with van der Waals surface area (Å²) in [5.41, 5.74) is -0.0586. The number of benzene rings is 1. The molecule has 2 unspecified atom stereocenters. The molecule has 1 aliphatic carbocycles. The molecule has 0 aliphatic heterocycles. The van der Waals surface area contributed by atoms with Crippen LogP contribution in [0, 0.1) is 5.92 Å². The number of rotatable bonds is 4. The van der Waals surface area contributed by atoms with Crippen molar-refractivity contribution in [3.63, 3.8) is 0 Å². The Hall–Kier alpha value is -0.770. The maximum atomic E-state index is 11.5. The molecule has 0 saturated heterocycles. The zero-order chi connectivity index (χ0) is 12.6. The number of aliphatic carboxylic acids is 1. The molecule has 1 aromatic carbocycles. The van der Waals surface area contributed by atoms with Gasteiger partial charge in [-0.2, -0.15) is 0 Å². The molecule has 2 rings (SSSR count). The van der Waals surface area contributed by atoms with Crippen LogP contribution in [0.2, 0.25) is 10.0 Å². The fourth-order valence-corrected chi connectivity index (χ4v) is 2.63. The average molecular weight is 274 g/mol. The van der Waals surface area contributed by atoms with Gasteiger partial charge in [0.05, 0.1) is 15.5 Å². The van der Waals surface area contributed by atoms with Crippen LogP contribution in [0.3, 0.4) is 0 Å². The Morgan fingerprint density at radius 1 is 1.53 bits per heavy atom. The molecule has 0 aromatic heterocycles. The van der Waals surface area contributed by atoms with Crippen LogP contribution in [-0.4, -0.2) is 24.7 Å². The van der Waals surface area contributed by atoms with Crippen LogP contribution in [0.1, 0.15) is 12.0 Å². The topological polar surface area (TPSA) is 49.3 Å². The van der Waals surface area contributed by atoms with Crippen LogP contribution in [-0.2, 0) is 10.2 Å². The summed E-state index contributed by atoms with van der Waals surface area (Å²) in [5, 5.41) is 13.3. The highest BCUT2D eigenvalue weighted by Crippen LogP contribution is 2.54. The van der Waals surface area contributed by atoms with Crippen molar-refractivity contribution in [2.75, 3.05) is 13.6 Å². The zero-order valence-electron chi connectivity index (χ0n) is 9.34. The Morgan fingerprint density at radius 2 is 2.24 bits per heavy atom. The van der Waals surface area contributed by atoms with Crippen LogP contribution in [0.15, 0.2) is 18.2 Å². The monoisotopic (exact) mass is 273 g/mol. The molecular formula is C12H13Cl2NO2. The van der Waals surface area contributed by atoms with Crippen LogP contribution >= 0.6 is 23.2 Å². The second-order valence-corrected chi connectivity index (χ2v) is 5.18. The molecule has 0 bridgehead atoms. The van der Waals surface area contributed by atoms with E-state index >= 15 is 0 Å². The zero-order valence-corrected chi connectivity index (χ0v) is 10.8. The number of carboxylic acid groups (broad SMARTS) is 1. The van der Waals surface area contributed by atoms with Crippen molar-refractivity contribution in [1.29, 1.82) is 0 Å². The fraction of sp³-hybridized carbons (Fsp3) is 0.417. The number of halogens is 2. The lowest BCUT2D eigenvalue weighted by atomic mass is 9.93. The van der Waals surface area contributed by atoms with Crippen LogP contribution in [0.4, 0.5) is 0 Å². The van der Waals surface area contributed by atoms with E-state index in [1.807, 2.05) is 7.05 Å². The first-order chi connectivity index (χ1) is 8.02. The normalized spacial score (nSPS) is 26.9. The number of nitrogens with one attached hydrogen (secondary N) is 1. The number of carboxylic acids is 1. The van der Waals surface area contributed by atoms with Crippen molar-refractivity contribution in [1.82, 2.24) is 5.32 Å². The SMILES string of the molecule is CNCC1CC1(C(=O)O)c1ccc(Cl)c(Cl)c1. The Bertz CT molecular complexity index is 464. The molecule has 3 nitrogen and oxygen atoms in total. The highest BCUT2D eigenvalue weighted by atomic mass is 35.5. The van der Waals surface area contributed by atoms with Gasteiger partial charge in [0.2, 0.25) is 0 Å². The highest BCUT2D eigenvalue weighted by Gasteiger charge is 2.61. The summed E-state index contributed by atoms with van der Waals surface area (Å²) < 4.78 is 0. The molecule has 17 heavy (non-hydrogen) atoms. The lowest BCUT2D eigenvalue weighted by Crippen LogP contribution is -2.26. The third-order valence-electron chi connectivity index (χ3n) is 3.37. The smallest absolute Gasteiger partial charge is 0.314 e. The van der Waals surface area contributed by atoms with E-state index in [2.05, 4.69) is 5.32 Å². The molecule has 1 aromatic rings. The van der Waals surface area contributed by atoms with Gasteiger partial charge >= 0.3 is 5.97 Å². The van der Waals surface area contributed by atoms with Crippen molar-refractivity contribution in [3.8, 4) is 0 Å². The number of carbonyl (C=O) groups is 1. The third kappa shape index (κ3) is 2.03. The summed E-state index contributed by atoms with van der Waals surface area (Å²) in [6.45, 7) is 0.687. The summed E-state index contributed by atoms with van der Waals surface area (Å²) in [4.78, 5) is 11.5. The average Bonchev–Trinajstić information content (AvgIpc) is 2.98. The maximum Gasteiger partial charge on any atom is 0.314 e. The van der Waals surface area contributed by atoms with E-state index in [4.69, 9.17) is 23.2 Å². The molecule has 92 valence electrons. The van der Waals surface area contributed by atoms with Crippen molar-refractivity contribution < 1.29 is 9.90 Å². The standard InChI is InChI=1S/C12H13Cl2NO2/c1-15-6-8-5-12(8,11(16)17)7-2-3-9(13)10(14)4-7/h2-4,8,15H,5-6H2,1H3,(H,16,17). The Morgan fingerprint density at radius 3 is 2.76 bits per heavy atom. The van der Waals surface area contributed by atoms with E-state index in [1.165, 1.54) is 0 Å². The molecular weight excluding hydrogens is 261 g/mol. The van der Waals surface area contributed by atoms with Crippen LogP contribution in [0.25, 0.3) is 0 Å². The van der Waals surface area contributed by atoms with E-state index in [0.29, 0.717) is 23.0 Å². The molecule has 5 heteroatoms. The number of hydrogen-bond donors (Lipinski definition) is 2. The molecule has 0 spiro atoms. The molecule has 1 fully saturated rings. The molecule has 1 aliphatic rings. The lowest BCUT2D eigenvalue weighted by Gasteiger charge is -2.13. The van der Waals surface area contributed by atoms with Gasteiger partial charge in [-0.25, -0.2) is 0 Å². The van der Waals surface area contributed by atoms with Gasteiger partial charge in [-0.1, -0.05) is 29.3 Å². The van der Waals surface area contributed by atoms with E-state index in [0.717, 1.165) is 5.56 Å². The maximum absolute atomic E-state index is 11.5. The fourth-order valence-electron chi connectivity index (χ4n) is 2.34. The van der Waals surface area contributed by atoms with Crippen molar-refractivity contribution in [2.24, 2.45) is 5.92 Å². The quantitative estimate of drug-likeness (QED) is 0.887. The van der Waals surface area contributed by atoms with E-state index in [1.54, 1.807) is 18.2 Å². The first-order valence-electron chi connectivity index (χ1n) is 5.36. The number of hydrogen-bond acceptors (Lipinski definition) is 2. The molecule has 2 N–H and O–H groups in total. The van der Waals surface area contributed by atoms with Gasteiger partial charge in [-0.3, -0.25) is 4.79 Å². The first kappa shape index (κ1) is 12.7. The second-order valence-electron chi connectivity index (χ2n) is 4.36. The third-order valence-corrected chi connectivity index (χ3v) is 4.11. The van der Waals surface area contributed by atoms with Crippen LogP contribution in [0.5, 0.6) is 0 Å². The minimum absolute atomic E-state index is 0.113. The largest absolute Gasteiger partial charge is 0.481 e. The first-order valence-corrected chi connectivity index (χ1v) is 6.11. The van der Waals surface area contributed by atoms with Crippen molar-refractivity contribution >= 4 is 29.2 Å². The van der Waals surface area contributed by atoms with Crippen molar-refractivity contribution in [3.05, 3.63) is 33.8 Å². The van der Waals surface area contributed by atoms with E-state index < -0.39 is 11.4 Å². The molecule has 2 atom stereocenters. The van der Waals surface area contributed by atoms with Gasteiger partial charge in [0.15, 0.2) is 0 Å².